The Balaban J connectivity index is 2.11. The molecule has 120 valence electrons. The van der Waals surface area contributed by atoms with Gasteiger partial charge in [0.2, 0.25) is 5.91 Å². The Morgan fingerprint density at radius 1 is 1.27 bits per heavy atom. The molecule has 1 atom stereocenters. The van der Waals surface area contributed by atoms with Crippen LogP contribution in [0.4, 0.5) is 0 Å². The number of hydrogen-bond acceptors (Lipinski definition) is 2. The predicted octanol–water partition coefficient (Wildman–Crippen LogP) is 3.46. The van der Waals surface area contributed by atoms with Gasteiger partial charge in [-0.1, -0.05) is 43.7 Å². The lowest BCUT2D eigenvalue weighted by Crippen LogP contribution is -2.45. The molecule has 1 N–H and O–H groups in total. The highest BCUT2D eigenvalue weighted by Gasteiger charge is 2.46. The number of rotatable bonds is 7. The molecule has 1 amide bonds. The molecule has 0 bridgehead atoms. The predicted molar refractivity (Wildman–Crippen MR) is 85.3 cm³/mol. The van der Waals surface area contributed by atoms with Crippen molar-refractivity contribution in [3.8, 4) is 0 Å². The summed E-state index contributed by atoms with van der Waals surface area (Å²) in [6.45, 7) is 4.62. The fraction of sp³-hybridized carbons (Fsp3) is 0.556. The maximum Gasteiger partial charge on any atom is 0.310 e. The third-order valence-corrected chi connectivity index (χ3v) is 4.89. The van der Waals surface area contributed by atoms with Gasteiger partial charge in [0.05, 0.1) is 5.41 Å². The number of nitrogens with zero attached hydrogens (tertiary/aromatic N) is 1. The molecule has 22 heavy (non-hydrogen) atoms. The van der Waals surface area contributed by atoms with Gasteiger partial charge in [-0.25, -0.2) is 0 Å². The van der Waals surface area contributed by atoms with Crippen LogP contribution in [0.1, 0.15) is 51.5 Å². The van der Waals surface area contributed by atoms with E-state index in [4.69, 9.17) is 0 Å². The molecule has 4 nitrogen and oxygen atoms in total. The van der Waals surface area contributed by atoms with Crippen molar-refractivity contribution in [2.75, 3.05) is 0 Å². The Labute approximate surface area is 132 Å². The smallest absolute Gasteiger partial charge is 0.310 e. The number of carboxylic acids is 1. The molecule has 1 unspecified atom stereocenters. The number of carbonyl (C=O) groups excluding carboxylic acids is 1. The van der Waals surface area contributed by atoms with E-state index in [2.05, 4.69) is 0 Å². The summed E-state index contributed by atoms with van der Waals surface area (Å²) in [7, 11) is 0. The van der Waals surface area contributed by atoms with Gasteiger partial charge in [-0.2, -0.15) is 0 Å². The van der Waals surface area contributed by atoms with Crippen molar-refractivity contribution in [2.24, 2.45) is 5.41 Å². The van der Waals surface area contributed by atoms with Crippen LogP contribution in [-0.2, 0) is 16.1 Å². The van der Waals surface area contributed by atoms with Crippen LogP contribution in [0.3, 0.4) is 0 Å². The number of aliphatic carboxylic acids is 1. The Hall–Kier alpha value is -1.84. The van der Waals surface area contributed by atoms with E-state index < -0.39 is 11.4 Å². The molecule has 0 radical (unpaired) electrons. The van der Waals surface area contributed by atoms with Crippen molar-refractivity contribution in [3.05, 3.63) is 35.9 Å². The summed E-state index contributed by atoms with van der Waals surface area (Å²) in [5, 5.41) is 9.43. The standard InChI is InChI=1S/C18H25NO3/c1-3-14(2)19(13-15-8-5-4-6-9-15)16(20)12-18(17(21)22)10-7-11-18/h4-6,8-9,14H,3,7,10-13H2,1-2H3,(H,21,22). The van der Waals surface area contributed by atoms with Crippen LogP contribution in [0.25, 0.3) is 0 Å². The van der Waals surface area contributed by atoms with E-state index in [1.54, 1.807) is 0 Å². The summed E-state index contributed by atoms with van der Waals surface area (Å²) in [5.41, 5.74) is 0.258. The highest BCUT2D eigenvalue weighted by Crippen LogP contribution is 2.44. The van der Waals surface area contributed by atoms with Crippen molar-refractivity contribution < 1.29 is 14.7 Å². The summed E-state index contributed by atoms with van der Waals surface area (Å²) < 4.78 is 0. The fourth-order valence-corrected chi connectivity index (χ4v) is 2.95. The van der Waals surface area contributed by atoms with E-state index in [9.17, 15) is 14.7 Å². The van der Waals surface area contributed by atoms with Gasteiger partial charge in [0.15, 0.2) is 0 Å². The zero-order valence-corrected chi connectivity index (χ0v) is 13.4. The number of benzene rings is 1. The maximum atomic E-state index is 12.7. The van der Waals surface area contributed by atoms with Crippen molar-refractivity contribution >= 4 is 11.9 Å². The molecule has 4 heteroatoms. The molecule has 1 aliphatic carbocycles. The van der Waals surface area contributed by atoms with E-state index >= 15 is 0 Å². The summed E-state index contributed by atoms with van der Waals surface area (Å²) in [4.78, 5) is 26.0. The van der Waals surface area contributed by atoms with Gasteiger partial charge >= 0.3 is 5.97 Å². The summed E-state index contributed by atoms with van der Waals surface area (Å²) >= 11 is 0. The summed E-state index contributed by atoms with van der Waals surface area (Å²) in [6.07, 6.45) is 3.13. The average Bonchev–Trinajstić information content (AvgIpc) is 2.48. The minimum absolute atomic E-state index is 0.0414. The van der Waals surface area contributed by atoms with Crippen LogP contribution < -0.4 is 0 Å². The highest BCUT2D eigenvalue weighted by atomic mass is 16.4. The van der Waals surface area contributed by atoms with Crippen molar-refractivity contribution in [1.29, 1.82) is 0 Å². The third kappa shape index (κ3) is 3.49. The van der Waals surface area contributed by atoms with Crippen molar-refractivity contribution in [2.45, 2.75) is 58.5 Å². The minimum atomic E-state index is -0.823. The maximum absolute atomic E-state index is 12.7. The lowest BCUT2D eigenvalue weighted by atomic mass is 9.66. The normalized spacial score (nSPS) is 17.4. The van der Waals surface area contributed by atoms with Gasteiger partial charge in [-0.15, -0.1) is 0 Å². The molecule has 1 saturated carbocycles. The van der Waals surface area contributed by atoms with Gasteiger partial charge in [0.25, 0.3) is 0 Å². The first-order valence-corrected chi connectivity index (χ1v) is 8.05. The van der Waals surface area contributed by atoms with Crippen LogP contribution >= 0.6 is 0 Å². The molecule has 0 aromatic heterocycles. The number of hydrogen-bond donors (Lipinski definition) is 1. The van der Waals surface area contributed by atoms with Crippen LogP contribution in [0.2, 0.25) is 0 Å². The Kier molecular flexibility index (Phi) is 5.22. The Morgan fingerprint density at radius 2 is 1.91 bits per heavy atom. The minimum Gasteiger partial charge on any atom is -0.481 e. The molecule has 0 aliphatic heterocycles. The van der Waals surface area contributed by atoms with Crippen molar-refractivity contribution in [3.63, 3.8) is 0 Å². The van der Waals surface area contributed by atoms with Crippen LogP contribution in [0.5, 0.6) is 0 Å². The van der Waals surface area contributed by atoms with Crippen LogP contribution in [0.15, 0.2) is 30.3 Å². The van der Waals surface area contributed by atoms with Gasteiger partial charge in [0.1, 0.15) is 0 Å². The van der Waals surface area contributed by atoms with E-state index in [-0.39, 0.29) is 18.4 Å². The monoisotopic (exact) mass is 303 g/mol. The first-order valence-electron chi connectivity index (χ1n) is 8.05. The fourth-order valence-electron chi connectivity index (χ4n) is 2.95. The lowest BCUT2D eigenvalue weighted by Gasteiger charge is -2.39. The second kappa shape index (κ2) is 6.95. The molecular weight excluding hydrogens is 278 g/mol. The quantitative estimate of drug-likeness (QED) is 0.839. The highest BCUT2D eigenvalue weighted by molar-refractivity contribution is 5.85. The molecule has 2 rings (SSSR count). The number of amides is 1. The summed E-state index contributed by atoms with van der Waals surface area (Å²) in [6, 6.07) is 9.97. The zero-order chi connectivity index (χ0) is 16.2. The SMILES string of the molecule is CCC(C)N(Cc1ccccc1)C(=O)CC1(C(=O)O)CCC1. The topological polar surface area (TPSA) is 57.6 Å². The molecular formula is C18H25NO3. The number of carboxylic acid groups (broad SMARTS) is 1. The van der Waals surface area contributed by atoms with Gasteiger partial charge in [-0.3, -0.25) is 9.59 Å². The van der Waals surface area contributed by atoms with E-state index in [0.717, 1.165) is 18.4 Å². The average molecular weight is 303 g/mol. The van der Waals surface area contributed by atoms with Gasteiger partial charge < -0.3 is 10.0 Å². The number of carbonyl (C=O) groups is 2. The largest absolute Gasteiger partial charge is 0.481 e. The molecule has 1 aromatic rings. The molecule has 0 spiro atoms. The third-order valence-electron chi connectivity index (χ3n) is 4.89. The van der Waals surface area contributed by atoms with E-state index in [1.165, 1.54) is 0 Å². The molecule has 0 saturated heterocycles. The van der Waals surface area contributed by atoms with Crippen LogP contribution in [0, 0.1) is 5.41 Å². The Morgan fingerprint density at radius 3 is 2.36 bits per heavy atom. The molecule has 1 aromatic carbocycles. The van der Waals surface area contributed by atoms with E-state index in [1.807, 2.05) is 49.1 Å². The molecule has 1 fully saturated rings. The van der Waals surface area contributed by atoms with Crippen LogP contribution in [-0.4, -0.2) is 27.9 Å². The zero-order valence-electron chi connectivity index (χ0n) is 13.4. The van der Waals surface area contributed by atoms with Gasteiger partial charge in [-0.05, 0) is 31.7 Å². The Bertz CT molecular complexity index is 522. The molecule has 1 aliphatic rings. The second-order valence-corrected chi connectivity index (χ2v) is 6.38. The van der Waals surface area contributed by atoms with Crippen molar-refractivity contribution in [1.82, 2.24) is 4.90 Å². The molecule has 0 heterocycles. The second-order valence-electron chi connectivity index (χ2n) is 6.38. The van der Waals surface area contributed by atoms with Gasteiger partial charge in [0, 0.05) is 19.0 Å². The lowest BCUT2D eigenvalue weighted by molar-refractivity contribution is -0.160. The summed E-state index contributed by atoms with van der Waals surface area (Å²) in [5.74, 6) is -0.865. The first kappa shape index (κ1) is 16.5. The first-order chi connectivity index (χ1) is 10.5. The van der Waals surface area contributed by atoms with E-state index in [0.29, 0.717) is 19.4 Å².